The van der Waals surface area contributed by atoms with Gasteiger partial charge in [-0.15, -0.1) is 0 Å². The first-order valence-electron chi connectivity index (χ1n) is 8.57. The van der Waals surface area contributed by atoms with E-state index in [0.717, 1.165) is 23.5 Å². The van der Waals surface area contributed by atoms with E-state index in [1.165, 1.54) is 51.5 Å². The summed E-state index contributed by atoms with van der Waals surface area (Å²) in [5.74, 6) is 1.70. The molecule has 2 saturated heterocycles. The van der Waals surface area contributed by atoms with E-state index in [9.17, 15) is 0 Å². The highest BCUT2D eigenvalue weighted by molar-refractivity contribution is 5.41. The molecule has 2 N–H and O–H groups in total. The Morgan fingerprint density at radius 3 is 2.38 bits per heavy atom. The number of nitrogen functional groups attached to an aromatic ring is 1. The van der Waals surface area contributed by atoms with E-state index >= 15 is 0 Å². The Morgan fingerprint density at radius 2 is 1.71 bits per heavy atom. The minimum absolute atomic E-state index is 0.407. The summed E-state index contributed by atoms with van der Waals surface area (Å²) in [6.07, 6.45) is 10.1. The fourth-order valence-electron chi connectivity index (χ4n) is 4.65. The summed E-state index contributed by atoms with van der Waals surface area (Å²) in [6.45, 7) is 1.26. The predicted molar refractivity (Wildman–Crippen MR) is 85.4 cm³/mol. The van der Waals surface area contributed by atoms with Crippen LogP contribution >= 0.6 is 0 Å². The fourth-order valence-corrected chi connectivity index (χ4v) is 4.65. The minimum Gasteiger partial charge on any atom is -0.490 e. The summed E-state index contributed by atoms with van der Waals surface area (Å²) >= 11 is 0. The lowest BCUT2D eigenvalue weighted by Crippen LogP contribution is -2.58. The average Bonchev–Trinajstić information content (AvgIpc) is 3.04. The van der Waals surface area contributed by atoms with E-state index in [0.29, 0.717) is 12.0 Å². The lowest BCUT2D eigenvalue weighted by Gasteiger charge is -2.51. The van der Waals surface area contributed by atoms with Crippen molar-refractivity contribution in [1.82, 2.24) is 4.90 Å². The molecule has 2 heterocycles. The number of anilines is 1. The highest BCUT2D eigenvalue weighted by Gasteiger charge is 2.44. The number of hydrogen-bond donors (Lipinski definition) is 1. The highest BCUT2D eigenvalue weighted by atomic mass is 16.5. The molecule has 1 aromatic carbocycles. The molecule has 0 amide bonds. The molecular weight excluding hydrogens is 260 g/mol. The molecule has 4 fully saturated rings. The highest BCUT2D eigenvalue weighted by Crippen LogP contribution is 2.41. The maximum Gasteiger partial charge on any atom is 0.119 e. The van der Waals surface area contributed by atoms with Gasteiger partial charge < -0.3 is 10.5 Å². The van der Waals surface area contributed by atoms with Crippen molar-refractivity contribution in [3.63, 3.8) is 0 Å². The monoisotopic (exact) mass is 286 g/mol. The van der Waals surface area contributed by atoms with E-state index in [1.807, 2.05) is 24.3 Å². The number of rotatable bonds is 3. The van der Waals surface area contributed by atoms with Crippen LogP contribution < -0.4 is 10.5 Å². The SMILES string of the molecule is Nc1ccc(OC2CC3CCC2CN3C2CCCC2)cc1. The maximum atomic E-state index is 6.27. The molecule has 3 heteroatoms. The molecule has 0 spiro atoms. The van der Waals surface area contributed by atoms with Crippen LogP contribution in [-0.2, 0) is 0 Å². The molecule has 5 rings (SSSR count). The second kappa shape index (κ2) is 5.53. The Bertz CT molecular complexity index is 480. The van der Waals surface area contributed by atoms with Gasteiger partial charge in [-0.05, 0) is 49.9 Å². The number of piperidine rings is 2. The van der Waals surface area contributed by atoms with E-state index < -0.39 is 0 Å². The van der Waals surface area contributed by atoms with Crippen molar-refractivity contribution in [2.75, 3.05) is 12.3 Å². The zero-order chi connectivity index (χ0) is 14.2. The van der Waals surface area contributed by atoms with Crippen molar-refractivity contribution in [2.45, 2.75) is 63.1 Å². The average molecular weight is 286 g/mol. The van der Waals surface area contributed by atoms with Crippen molar-refractivity contribution in [3.05, 3.63) is 24.3 Å². The molecule has 2 aliphatic heterocycles. The molecule has 114 valence electrons. The van der Waals surface area contributed by atoms with Crippen LogP contribution in [0.3, 0.4) is 0 Å². The second-order valence-corrected chi connectivity index (χ2v) is 7.09. The van der Waals surface area contributed by atoms with Crippen molar-refractivity contribution < 1.29 is 4.74 Å². The van der Waals surface area contributed by atoms with Crippen LogP contribution in [0.1, 0.15) is 44.9 Å². The quantitative estimate of drug-likeness (QED) is 0.865. The molecule has 0 radical (unpaired) electrons. The van der Waals surface area contributed by atoms with Gasteiger partial charge in [0.25, 0.3) is 0 Å². The number of fused-ring (bicyclic) bond motifs is 3. The number of hydrogen-bond acceptors (Lipinski definition) is 3. The lowest BCUT2D eigenvalue weighted by molar-refractivity contribution is -0.0549. The molecule has 1 aromatic rings. The van der Waals surface area contributed by atoms with Crippen LogP contribution in [0.15, 0.2) is 24.3 Å². The van der Waals surface area contributed by atoms with Gasteiger partial charge >= 0.3 is 0 Å². The van der Waals surface area contributed by atoms with Crippen LogP contribution in [0.2, 0.25) is 0 Å². The molecule has 2 saturated carbocycles. The molecule has 2 aliphatic carbocycles. The number of benzene rings is 1. The van der Waals surface area contributed by atoms with Gasteiger partial charge in [0.15, 0.2) is 0 Å². The van der Waals surface area contributed by atoms with Gasteiger partial charge in [0.2, 0.25) is 0 Å². The van der Waals surface area contributed by atoms with Crippen LogP contribution in [0, 0.1) is 5.92 Å². The number of nitrogens with two attached hydrogens (primary N) is 1. The predicted octanol–water partition coefficient (Wildman–Crippen LogP) is 3.44. The Morgan fingerprint density at radius 1 is 0.952 bits per heavy atom. The maximum absolute atomic E-state index is 6.27. The van der Waals surface area contributed by atoms with Gasteiger partial charge in [0, 0.05) is 36.7 Å². The van der Waals surface area contributed by atoms with Crippen molar-refractivity contribution in [1.29, 1.82) is 0 Å². The normalized spacial score (nSPS) is 33.4. The summed E-state index contributed by atoms with van der Waals surface area (Å²) < 4.78 is 6.27. The third kappa shape index (κ3) is 2.64. The van der Waals surface area contributed by atoms with Gasteiger partial charge in [-0.25, -0.2) is 0 Å². The van der Waals surface area contributed by atoms with Crippen LogP contribution in [0.25, 0.3) is 0 Å². The van der Waals surface area contributed by atoms with Crippen LogP contribution in [-0.4, -0.2) is 29.6 Å². The zero-order valence-corrected chi connectivity index (χ0v) is 12.7. The minimum atomic E-state index is 0.407. The van der Waals surface area contributed by atoms with Gasteiger partial charge in [-0.2, -0.15) is 0 Å². The molecule has 3 nitrogen and oxygen atoms in total. The lowest BCUT2D eigenvalue weighted by atomic mass is 9.76. The standard InChI is InChI=1S/C18H26N2O/c19-14-6-9-17(10-7-14)21-18-11-16-8-5-13(18)12-20(16)15-3-1-2-4-15/h6-7,9-10,13,15-16,18H,1-5,8,11-12,19H2. The van der Waals surface area contributed by atoms with Crippen molar-refractivity contribution >= 4 is 5.69 Å². The van der Waals surface area contributed by atoms with E-state index in [-0.39, 0.29) is 0 Å². The zero-order valence-electron chi connectivity index (χ0n) is 12.7. The fraction of sp³-hybridized carbons (Fsp3) is 0.667. The van der Waals surface area contributed by atoms with Gasteiger partial charge in [0.1, 0.15) is 11.9 Å². The number of ether oxygens (including phenoxy) is 1. The summed E-state index contributed by atoms with van der Waals surface area (Å²) in [4.78, 5) is 2.82. The molecule has 4 aliphatic rings. The third-order valence-corrected chi connectivity index (χ3v) is 5.78. The first-order chi connectivity index (χ1) is 10.3. The molecule has 21 heavy (non-hydrogen) atoms. The summed E-state index contributed by atoms with van der Waals surface area (Å²) in [5.41, 5.74) is 6.55. The van der Waals surface area contributed by atoms with Gasteiger partial charge in [-0.1, -0.05) is 12.8 Å². The Labute approximate surface area is 127 Å². The molecule has 0 aromatic heterocycles. The second-order valence-electron chi connectivity index (χ2n) is 7.09. The van der Waals surface area contributed by atoms with Crippen molar-refractivity contribution in [3.8, 4) is 5.75 Å². The first-order valence-corrected chi connectivity index (χ1v) is 8.57. The van der Waals surface area contributed by atoms with Crippen LogP contribution in [0.5, 0.6) is 5.75 Å². The van der Waals surface area contributed by atoms with Crippen LogP contribution in [0.4, 0.5) is 5.69 Å². The number of nitrogens with zero attached hydrogens (tertiary/aromatic N) is 1. The Balaban J connectivity index is 1.42. The largest absolute Gasteiger partial charge is 0.490 e. The van der Waals surface area contributed by atoms with E-state index in [4.69, 9.17) is 10.5 Å². The molecule has 3 atom stereocenters. The molecular formula is C18H26N2O. The topological polar surface area (TPSA) is 38.5 Å². The summed E-state index contributed by atoms with van der Waals surface area (Å²) in [6, 6.07) is 9.51. The smallest absolute Gasteiger partial charge is 0.119 e. The molecule has 2 bridgehead atoms. The van der Waals surface area contributed by atoms with E-state index in [2.05, 4.69) is 4.90 Å². The Kier molecular flexibility index (Phi) is 3.54. The third-order valence-electron chi connectivity index (χ3n) is 5.78. The van der Waals surface area contributed by atoms with E-state index in [1.54, 1.807) is 0 Å². The first kappa shape index (κ1) is 13.4. The van der Waals surface area contributed by atoms with Gasteiger partial charge in [-0.3, -0.25) is 4.90 Å². The molecule has 3 unspecified atom stereocenters. The summed E-state index contributed by atoms with van der Waals surface area (Å²) in [7, 11) is 0. The van der Waals surface area contributed by atoms with Crippen molar-refractivity contribution in [2.24, 2.45) is 5.92 Å². The summed E-state index contributed by atoms with van der Waals surface area (Å²) in [5, 5.41) is 0. The Hall–Kier alpha value is -1.22. The van der Waals surface area contributed by atoms with Gasteiger partial charge in [0.05, 0.1) is 0 Å².